The minimum atomic E-state index is -1.21. The van der Waals surface area contributed by atoms with E-state index in [9.17, 15) is 24.3 Å². The smallest absolute Gasteiger partial charge is 0.337 e. The van der Waals surface area contributed by atoms with Gasteiger partial charge in [-0.05, 0) is 61.3 Å². The van der Waals surface area contributed by atoms with E-state index in [1.54, 1.807) is 26.1 Å². The maximum atomic E-state index is 14.5. The number of methoxy groups -OCH3 is 1. The largest absolute Gasteiger partial charge is 0.463 e. The number of likely N-dealkylation sites (N-methyl/N-ethyl adjacent to an activating group) is 1. The first kappa shape index (κ1) is 38.3. The summed E-state index contributed by atoms with van der Waals surface area (Å²) in [4.78, 5) is 60.0. The number of hydrogen-bond acceptors (Lipinski definition) is 7. The van der Waals surface area contributed by atoms with Crippen LogP contribution in [0.5, 0.6) is 0 Å². The Morgan fingerprint density at radius 1 is 0.960 bits per heavy atom. The van der Waals surface area contributed by atoms with Crippen LogP contribution < -0.4 is 10.6 Å². The van der Waals surface area contributed by atoms with Gasteiger partial charge in [0.25, 0.3) is 0 Å². The molecule has 11 heteroatoms. The van der Waals surface area contributed by atoms with Crippen molar-refractivity contribution in [1.82, 2.24) is 20.5 Å². The SMILES string of the molecule is CO[C@@H]1C(=O)OC[C@H](C)[C@H](C)/C=C(\C)C[C@H](C)C(=O)N[C@@H](C)C(=O)N(C)[C@H](Cc2c[nH]c3ccccc23)C(=O)N[C@H]1c1ccc(CCO)cc1. The third kappa shape index (κ3) is 9.39. The number of para-hydroxylation sites is 1. The number of aliphatic hydroxyl groups is 1. The van der Waals surface area contributed by atoms with Crippen molar-refractivity contribution in [1.29, 1.82) is 0 Å². The molecule has 4 rings (SSSR count). The summed E-state index contributed by atoms with van der Waals surface area (Å²) in [6.07, 6.45) is 3.79. The van der Waals surface area contributed by atoms with E-state index in [-0.39, 0.29) is 37.4 Å². The van der Waals surface area contributed by atoms with Gasteiger partial charge in [0.2, 0.25) is 17.7 Å². The Morgan fingerprint density at radius 3 is 2.34 bits per heavy atom. The fraction of sp³-hybridized carbons (Fsp3) is 0.487. The number of esters is 1. The molecule has 2 aromatic carbocycles. The number of hydrogen-bond donors (Lipinski definition) is 4. The van der Waals surface area contributed by atoms with E-state index >= 15 is 0 Å². The normalized spacial score (nSPS) is 27.7. The van der Waals surface area contributed by atoms with Gasteiger partial charge >= 0.3 is 5.97 Å². The van der Waals surface area contributed by atoms with Gasteiger partial charge in [-0.2, -0.15) is 0 Å². The lowest BCUT2D eigenvalue weighted by molar-refractivity contribution is -0.159. The van der Waals surface area contributed by atoms with Crippen molar-refractivity contribution in [2.24, 2.45) is 17.8 Å². The Hall–Kier alpha value is -4.48. The van der Waals surface area contributed by atoms with Gasteiger partial charge in [0.15, 0.2) is 6.10 Å². The van der Waals surface area contributed by atoms with Crippen molar-refractivity contribution < 1.29 is 33.8 Å². The molecule has 4 N–H and O–H groups in total. The van der Waals surface area contributed by atoms with Crippen LogP contribution in [0.3, 0.4) is 0 Å². The molecule has 1 aliphatic heterocycles. The van der Waals surface area contributed by atoms with Crippen molar-refractivity contribution in [3.63, 3.8) is 0 Å². The molecule has 0 saturated heterocycles. The fourth-order valence-electron chi connectivity index (χ4n) is 6.47. The Kier molecular flexibility index (Phi) is 13.4. The molecule has 0 fully saturated rings. The van der Waals surface area contributed by atoms with E-state index in [2.05, 4.69) is 21.7 Å². The van der Waals surface area contributed by atoms with Gasteiger partial charge in [0, 0.05) is 50.2 Å². The zero-order valence-corrected chi connectivity index (χ0v) is 30.2. The number of rotatable bonds is 6. The van der Waals surface area contributed by atoms with Crippen molar-refractivity contribution in [2.75, 3.05) is 27.4 Å². The van der Waals surface area contributed by atoms with E-state index in [1.807, 2.05) is 70.3 Å². The van der Waals surface area contributed by atoms with Crippen molar-refractivity contribution in [3.05, 3.63) is 83.1 Å². The van der Waals surface area contributed by atoms with Gasteiger partial charge in [-0.3, -0.25) is 14.4 Å². The van der Waals surface area contributed by atoms with Crippen molar-refractivity contribution in [2.45, 2.75) is 78.1 Å². The molecule has 0 aliphatic carbocycles. The van der Waals surface area contributed by atoms with E-state index in [0.717, 1.165) is 27.6 Å². The van der Waals surface area contributed by atoms with E-state index in [0.29, 0.717) is 18.4 Å². The summed E-state index contributed by atoms with van der Waals surface area (Å²) in [6.45, 7) is 9.52. The number of fused-ring (bicyclic) bond motifs is 1. The Labute approximate surface area is 294 Å². The summed E-state index contributed by atoms with van der Waals surface area (Å²) in [5.41, 5.74) is 4.19. The molecule has 7 atom stereocenters. The minimum Gasteiger partial charge on any atom is -0.463 e. The second-order valence-corrected chi connectivity index (χ2v) is 13.7. The fourth-order valence-corrected chi connectivity index (χ4v) is 6.47. The quantitative estimate of drug-likeness (QED) is 0.224. The molecule has 0 bridgehead atoms. The van der Waals surface area contributed by atoms with Crippen LogP contribution in [0, 0.1) is 17.8 Å². The number of aromatic nitrogens is 1. The van der Waals surface area contributed by atoms with Gasteiger partial charge < -0.3 is 35.1 Å². The number of allylic oxidation sites excluding steroid dienone is 2. The zero-order chi connectivity index (χ0) is 36.5. The highest BCUT2D eigenvalue weighted by molar-refractivity contribution is 5.93. The zero-order valence-electron chi connectivity index (χ0n) is 30.2. The molecule has 0 radical (unpaired) electrons. The van der Waals surface area contributed by atoms with E-state index in [4.69, 9.17) is 9.47 Å². The Morgan fingerprint density at radius 2 is 1.66 bits per heavy atom. The summed E-state index contributed by atoms with van der Waals surface area (Å²) in [6, 6.07) is 12.0. The number of H-pyrrole nitrogens is 1. The van der Waals surface area contributed by atoms with E-state index < -0.39 is 47.9 Å². The number of carbonyl (C=O) groups is 4. The van der Waals surface area contributed by atoms with Gasteiger partial charge in [0.05, 0.1) is 12.6 Å². The summed E-state index contributed by atoms with van der Waals surface area (Å²) >= 11 is 0. The number of benzene rings is 2. The van der Waals surface area contributed by atoms with Crippen molar-refractivity contribution in [3.8, 4) is 0 Å². The summed E-state index contributed by atoms with van der Waals surface area (Å²) in [5.74, 6) is -2.26. The number of cyclic esters (lactones) is 1. The molecule has 3 amide bonds. The molecule has 0 unspecified atom stereocenters. The minimum absolute atomic E-state index is 0.0223. The molecule has 1 aromatic heterocycles. The monoisotopic (exact) mass is 688 g/mol. The van der Waals surface area contributed by atoms with Gasteiger partial charge in [-0.1, -0.05) is 74.9 Å². The first-order valence-corrected chi connectivity index (χ1v) is 17.3. The van der Waals surface area contributed by atoms with Crippen LogP contribution in [0.2, 0.25) is 0 Å². The highest BCUT2D eigenvalue weighted by atomic mass is 16.6. The maximum absolute atomic E-state index is 14.5. The first-order valence-electron chi connectivity index (χ1n) is 17.3. The van der Waals surface area contributed by atoms with Crippen LogP contribution >= 0.6 is 0 Å². The van der Waals surface area contributed by atoms with E-state index in [1.165, 1.54) is 12.0 Å². The lowest BCUT2D eigenvalue weighted by atomic mass is 9.91. The number of carbonyl (C=O) groups excluding carboxylic acids is 4. The lowest BCUT2D eigenvalue weighted by Crippen LogP contribution is -2.56. The molecule has 0 spiro atoms. The van der Waals surface area contributed by atoms with Crippen LogP contribution in [-0.4, -0.2) is 84.2 Å². The summed E-state index contributed by atoms with van der Waals surface area (Å²) in [7, 11) is 2.94. The molecule has 270 valence electrons. The van der Waals surface area contributed by atoms with Crippen LogP contribution in [0.25, 0.3) is 10.9 Å². The molecule has 2 heterocycles. The average Bonchev–Trinajstić information content (AvgIpc) is 3.51. The highest BCUT2D eigenvalue weighted by Crippen LogP contribution is 2.26. The van der Waals surface area contributed by atoms with Crippen molar-refractivity contribution >= 4 is 34.6 Å². The number of amides is 3. The van der Waals surface area contributed by atoms with Gasteiger partial charge in [-0.25, -0.2) is 4.79 Å². The second kappa shape index (κ2) is 17.4. The summed E-state index contributed by atoms with van der Waals surface area (Å²) in [5, 5.41) is 16.2. The summed E-state index contributed by atoms with van der Waals surface area (Å²) < 4.78 is 11.6. The average molecular weight is 689 g/mol. The second-order valence-electron chi connectivity index (χ2n) is 13.7. The van der Waals surface area contributed by atoms with Crippen LogP contribution in [0.15, 0.2) is 66.4 Å². The number of nitrogens with zero attached hydrogens (tertiary/aromatic N) is 1. The van der Waals surface area contributed by atoms with Crippen LogP contribution in [-0.2, 0) is 41.5 Å². The van der Waals surface area contributed by atoms with Gasteiger partial charge in [-0.15, -0.1) is 0 Å². The van der Waals surface area contributed by atoms with Gasteiger partial charge in [0.1, 0.15) is 12.1 Å². The molecular weight excluding hydrogens is 636 g/mol. The molecular formula is C39H52N4O7. The topological polar surface area (TPSA) is 150 Å². The molecule has 0 saturated carbocycles. The predicted octanol–water partition coefficient (Wildman–Crippen LogP) is 4.25. The number of nitrogens with one attached hydrogen (secondary N) is 3. The molecule has 11 nitrogen and oxygen atoms in total. The highest BCUT2D eigenvalue weighted by Gasteiger charge is 2.37. The third-order valence-electron chi connectivity index (χ3n) is 9.77. The Balaban J connectivity index is 1.78. The standard InChI is InChI=1S/C39H52N4O7/c1-23-18-24(2)26(4)22-50-39(48)35(49-7)34(29-14-12-28(13-15-29)16-17-44)42-37(46)33(20-30-21-40-32-11-9-8-10-31(30)32)43(6)38(47)27(5)41-36(45)25(3)19-23/h8-15,18,21,24-27,33-35,40,44H,16-17,19-20,22H2,1-7H3,(H,41,45)(H,42,46)/b23-18+/t24-,25+,26+,27+,33-,34+,35+/m1/s1. The number of aromatic amines is 1. The molecule has 3 aromatic rings. The molecule has 1 aliphatic rings. The third-order valence-corrected chi connectivity index (χ3v) is 9.77. The predicted molar refractivity (Wildman–Crippen MR) is 192 cm³/mol. The molecule has 50 heavy (non-hydrogen) atoms. The first-order chi connectivity index (χ1) is 23.8. The lowest BCUT2D eigenvalue weighted by Gasteiger charge is -2.33. The number of ether oxygens (including phenoxy) is 2. The number of aliphatic hydroxyl groups excluding tert-OH is 1. The van der Waals surface area contributed by atoms with Crippen LogP contribution in [0.1, 0.15) is 63.8 Å². The van der Waals surface area contributed by atoms with Crippen LogP contribution in [0.4, 0.5) is 0 Å². The maximum Gasteiger partial charge on any atom is 0.337 e. The Bertz CT molecular complexity index is 1670.